The number of allylic oxidation sites excluding steroid dienone is 3. The normalized spacial score (nSPS) is 13.6. The van der Waals surface area contributed by atoms with E-state index in [1.54, 1.807) is 0 Å². The van der Waals surface area contributed by atoms with Crippen molar-refractivity contribution in [3.05, 3.63) is 24.8 Å². The van der Waals surface area contributed by atoms with Crippen LogP contribution in [0.3, 0.4) is 0 Å². The molecule has 0 aromatic rings. The third-order valence-corrected chi connectivity index (χ3v) is 1.75. The molecule has 64 valence electrons. The van der Waals surface area contributed by atoms with E-state index in [2.05, 4.69) is 32.6 Å². The number of hydrogen-bond acceptors (Lipinski definition) is 0. The van der Waals surface area contributed by atoms with Crippen LogP contribution in [0.5, 0.6) is 0 Å². The molecule has 0 amide bonds. The fraction of sp³-hybridized carbons (Fsp3) is 0.636. The molecule has 0 aliphatic carbocycles. The first-order valence-corrected chi connectivity index (χ1v) is 4.58. The molecular formula is C11H20. The van der Waals surface area contributed by atoms with Gasteiger partial charge in [0, 0.05) is 0 Å². The van der Waals surface area contributed by atoms with Gasteiger partial charge in [-0.2, -0.15) is 0 Å². The Bertz CT molecular complexity index is 111. The van der Waals surface area contributed by atoms with Gasteiger partial charge in [0.2, 0.25) is 0 Å². The second kappa shape index (κ2) is 7.59. The van der Waals surface area contributed by atoms with Crippen molar-refractivity contribution in [2.75, 3.05) is 0 Å². The van der Waals surface area contributed by atoms with E-state index in [4.69, 9.17) is 0 Å². The maximum Gasteiger partial charge on any atom is -0.0262 e. The van der Waals surface area contributed by atoms with Gasteiger partial charge >= 0.3 is 0 Å². The lowest BCUT2D eigenvalue weighted by molar-refractivity contribution is 0.632. The maximum absolute atomic E-state index is 3.68. The minimum Gasteiger partial charge on any atom is -0.103 e. The highest BCUT2D eigenvalue weighted by Gasteiger charge is 1.91. The van der Waals surface area contributed by atoms with Gasteiger partial charge in [-0.25, -0.2) is 0 Å². The molecule has 0 heterocycles. The highest BCUT2D eigenvalue weighted by molar-refractivity contribution is 4.87. The van der Waals surface area contributed by atoms with E-state index in [1.807, 2.05) is 6.08 Å². The van der Waals surface area contributed by atoms with Gasteiger partial charge in [0.15, 0.2) is 0 Å². The van der Waals surface area contributed by atoms with Crippen LogP contribution in [0, 0.1) is 5.92 Å². The number of hydrogen-bond donors (Lipinski definition) is 0. The Morgan fingerprint density at radius 2 is 2.09 bits per heavy atom. The number of rotatable bonds is 6. The van der Waals surface area contributed by atoms with Gasteiger partial charge in [-0.1, -0.05) is 38.5 Å². The van der Waals surface area contributed by atoms with Gasteiger partial charge in [-0.3, -0.25) is 0 Å². The van der Waals surface area contributed by atoms with Crippen molar-refractivity contribution in [2.24, 2.45) is 5.92 Å². The molecule has 0 aliphatic rings. The third-order valence-electron chi connectivity index (χ3n) is 1.75. The third kappa shape index (κ3) is 7.38. The van der Waals surface area contributed by atoms with Gasteiger partial charge in [-0.05, 0) is 25.2 Å². The Labute approximate surface area is 71.0 Å². The summed E-state index contributed by atoms with van der Waals surface area (Å²) in [5.41, 5.74) is 0. The highest BCUT2D eigenvalue weighted by Crippen LogP contribution is 2.07. The Hall–Kier alpha value is -0.520. The lowest BCUT2D eigenvalue weighted by Gasteiger charge is -2.01. The predicted octanol–water partition coefficient (Wildman–Crippen LogP) is 3.95. The van der Waals surface area contributed by atoms with Gasteiger partial charge < -0.3 is 0 Å². The zero-order chi connectivity index (χ0) is 8.53. The molecule has 0 fully saturated rings. The first kappa shape index (κ1) is 10.5. The van der Waals surface area contributed by atoms with Crippen LogP contribution in [0.15, 0.2) is 24.8 Å². The quantitative estimate of drug-likeness (QED) is 0.399. The van der Waals surface area contributed by atoms with Gasteiger partial charge in [0.05, 0.1) is 0 Å². The minimum absolute atomic E-state index is 0.754. The first-order chi connectivity index (χ1) is 5.31. The second-order valence-corrected chi connectivity index (χ2v) is 3.06. The summed E-state index contributed by atoms with van der Waals surface area (Å²) in [5.74, 6) is 0.754. The van der Waals surface area contributed by atoms with Crippen LogP contribution in [-0.4, -0.2) is 0 Å². The molecule has 0 aromatic heterocycles. The molecule has 1 unspecified atom stereocenters. The van der Waals surface area contributed by atoms with E-state index in [9.17, 15) is 0 Å². The van der Waals surface area contributed by atoms with Crippen LogP contribution in [-0.2, 0) is 0 Å². The summed E-state index contributed by atoms with van der Waals surface area (Å²) in [6.45, 7) is 8.18. The molecule has 0 heteroatoms. The average Bonchev–Trinajstić information content (AvgIpc) is 1.99. The molecule has 0 spiro atoms. The molecule has 11 heavy (non-hydrogen) atoms. The Kier molecular flexibility index (Phi) is 7.23. The molecule has 0 aromatic carbocycles. The van der Waals surface area contributed by atoms with E-state index in [1.165, 1.54) is 12.8 Å². The molecule has 0 saturated heterocycles. The molecule has 1 atom stereocenters. The van der Waals surface area contributed by atoms with Crippen molar-refractivity contribution in [3.8, 4) is 0 Å². The standard InChI is InChI=1S/C11H20/c1-4-6-7-8-10-11(3)9-5-2/h4,8,10-11H,1,5-7,9H2,2-3H3. The van der Waals surface area contributed by atoms with Crippen molar-refractivity contribution >= 4 is 0 Å². The fourth-order valence-electron chi connectivity index (χ4n) is 1.09. The Morgan fingerprint density at radius 3 is 2.64 bits per heavy atom. The molecule has 0 nitrogen and oxygen atoms in total. The minimum atomic E-state index is 0.754. The smallest absolute Gasteiger partial charge is 0.0262 e. The summed E-state index contributed by atoms with van der Waals surface area (Å²) in [6.07, 6.45) is 11.4. The van der Waals surface area contributed by atoms with E-state index in [-0.39, 0.29) is 0 Å². The topological polar surface area (TPSA) is 0 Å². The van der Waals surface area contributed by atoms with Crippen molar-refractivity contribution < 1.29 is 0 Å². The fourth-order valence-corrected chi connectivity index (χ4v) is 1.09. The largest absolute Gasteiger partial charge is 0.103 e. The SMILES string of the molecule is C=CCCC=CC(C)CCC. The molecule has 0 rings (SSSR count). The van der Waals surface area contributed by atoms with Crippen LogP contribution in [0.4, 0.5) is 0 Å². The summed E-state index contributed by atoms with van der Waals surface area (Å²) in [5, 5.41) is 0. The van der Waals surface area contributed by atoms with Crippen molar-refractivity contribution in [1.82, 2.24) is 0 Å². The molecule has 0 aliphatic heterocycles. The van der Waals surface area contributed by atoms with Crippen molar-refractivity contribution in [3.63, 3.8) is 0 Å². The van der Waals surface area contributed by atoms with Crippen LogP contribution >= 0.6 is 0 Å². The molecule has 0 N–H and O–H groups in total. The first-order valence-electron chi connectivity index (χ1n) is 4.58. The zero-order valence-corrected chi connectivity index (χ0v) is 7.84. The van der Waals surface area contributed by atoms with Gasteiger partial charge in [-0.15, -0.1) is 6.58 Å². The average molecular weight is 152 g/mol. The van der Waals surface area contributed by atoms with Crippen LogP contribution < -0.4 is 0 Å². The monoisotopic (exact) mass is 152 g/mol. The zero-order valence-electron chi connectivity index (χ0n) is 7.84. The van der Waals surface area contributed by atoms with Gasteiger partial charge in [0.25, 0.3) is 0 Å². The van der Waals surface area contributed by atoms with E-state index in [0.29, 0.717) is 0 Å². The van der Waals surface area contributed by atoms with Crippen LogP contribution in [0.1, 0.15) is 39.5 Å². The lowest BCUT2D eigenvalue weighted by Crippen LogP contribution is -1.86. The highest BCUT2D eigenvalue weighted by atomic mass is 14.0. The summed E-state index contributed by atoms with van der Waals surface area (Å²) in [6, 6.07) is 0. The van der Waals surface area contributed by atoms with Gasteiger partial charge in [0.1, 0.15) is 0 Å². The second-order valence-electron chi connectivity index (χ2n) is 3.06. The molecule has 0 radical (unpaired) electrons. The van der Waals surface area contributed by atoms with E-state index in [0.717, 1.165) is 18.8 Å². The summed E-state index contributed by atoms with van der Waals surface area (Å²) < 4.78 is 0. The Balaban J connectivity index is 3.31. The summed E-state index contributed by atoms with van der Waals surface area (Å²) in [4.78, 5) is 0. The van der Waals surface area contributed by atoms with E-state index >= 15 is 0 Å². The molecule has 0 bridgehead atoms. The predicted molar refractivity (Wildman–Crippen MR) is 52.6 cm³/mol. The van der Waals surface area contributed by atoms with Crippen LogP contribution in [0.25, 0.3) is 0 Å². The molecular weight excluding hydrogens is 132 g/mol. The maximum atomic E-state index is 3.68. The van der Waals surface area contributed by atoms with E-state index < -0.39 is 0 Å². The van der Waals surface area contributed by atoms with Crippen molar-refractivity contribution in [2.45, 2.75) is 39.5 Å². The number of unbranched alkanes of at least 4 members (excludes halogenated alkanes) is 1. The summed E-state index contributed by atoms with van der Waals surface area (Å²) in [7, 11) is 0. The summed E-state index contributed by atoms with van der Waals surface area (Å²) >= 11 is 0. The lowest BCUT2D eigenvalue weighted by atomic mass is 10.1. The molecule has 0 saturated carbocycles. The van der Waals surface area contributed by atoms with Crippen LogP contribution in [0.2, 0.25) is 0 Å². The van der Waals surface area contributed by atoms with Crippen molar-refractivity contribution in [1.29, 1.82) is 0 Å². The Morgan fingerprint density at radius 1 is 1.36 bits per heavy atom.